The molecule has 0 aliphatic carbocycles. The van der Waals surface area contributed by atoms with E-state index in [1.807, 2.05) is 42.2 Å². The van der Waals surface area contributed by atoms with Crippen LogP contribution in [0.1, 0.15) is 18.1 Å². The van der Waals surface area contributed by atoms with E-state index < -0.39 is 0 Å². The molecule has 0 spiro atoms. The van der Waals surface area contributed by atoms with Crippen LogP contribution in [0.25, 0.3) is 0 Å². The Hall–Kier alpha value is -1.26. The fraction of sp³-hybridized carbons (Fsp3) is 0.278. The SMILES string of the molecule is CC(Sc1ccccc1Br)C(=O)N1CCc2ccccc2C1. The minimum absolute atomic E-state index is 0.0797. The lowest BCUT2D eigenvalue weighted by Gasteiger charge is -2.30. The lowest BCUT2D eigenvalue weighted by Crippen LogP contribution is -2.40. The molecule has 0 N–H and O–H groups in total. The molecule has 1 amide bonds. The van der Waals surface area contributed by atoms with Crippen molar-refractivity contribution in [3.8, 4) is 0 Å². The van der Waals surface area contributed by atoms with E-state index in [1.54, 1.807) is 11.8 Å². The monoisotopic (exact) mass is 375 g/mol. The fourth-order valence-corrected chi connectivity index (χ4v) is 4.26. The molecule has 1 atom stereocenters. The summed E-state index contributed by atoms with van der Waals surface area (Å²) in [7, 11) is 0. The second-order valence-corrected chi connectivity index (χ2v) is 7.71. The third-order valence-corrected chi connectivity index (χ3v) is 6.05. The highest BCUT2D eigenvalue weighted by Gasteiger charge is 2.25. The Kier molecular flexibility index (Phi) is 4.89. The van der Waals surface area contributed by atoms with Crippen LogP contribution in [0, 0.1) is 0 Å². The molecule has 0 saturated heterocycles. The molecule has 0 radical (unpaired) electrons. The minimum Gasteiger partial charge on any atom is -0.337 e. The van der Waals surface area contributed by atoms with Crippen LogP contribution < -0.4 is 0 Å². The van der Waals surface area contributed by atoms with Crippen LogP contribution >= 0.6 is 27.7 Å². The summed E-state index contributed by atoms with van der Waals surface area (Å²) >= 11 is 5.16. The molecule has 0 fully saturated rings. The van der Waals surface area contributed by atoms with E-state index in [0.717, 1.165) is 28.9 Å². The molecule has 1 heterocycles. The van der Waals surface area contributed by atoms with E-state index >= 15 is 0 Å². The highest BCUT2D eigenvalue weighted by atomic mass is 79.9. The average molecular weight is 376 g/mol. The number of hydrogen-bond acceptors (Lipinski definition) is 2. The van der Waals surface area contributed by atoms with Gasteiger partial charge in [-0.05, 0) is 52.5 Å². The molecule has 2 aromatic carbocycles. The van der Waals surface area contributed by atoms with Gasteiger partial charge in [0, 0.05) is 22.5 Å². The molecule has 3 rings (SSSR count). The van der Waals surface area contributed by atoms with Crippen LogP contribution in [0.3, 0.4) is 0 Å². The summed E-state index contributed by atoms with van der Waals surface area (Å²) in [6.07, 6.45) is 0.953. The number of fused-ring (bicyclic) bond motifs is 1. The molecule has 1 aliphatic heterocycles. The number of halogens is 1. The third-order valence-electron chi connectivity index (χ3n) is 3.93. The maximum Gasteiger partial charge on any atom is 0.236 e. The summed E-state index contributed by atoms with van der Waals surface area (Å²) in [5.41, 5.74) is 2.65. The zero-order chi connectivity index (χ0) is 15.5. The molecule has 0 bridgehead atoms. The Bertz CT molecular complexity index is 688. The van der Waals surface area contributed by atoms with Gasteiger partial charge in [-0.15, -0.1) is 11.8 Å². The predicted molar refractivity (Wildman–Crippen MR) is 95.0 cm³/mol. The lowest BCUT2D eigenvalue weighted by atomic mass is 10.00. The van der Waals surface area contributed by atoms with E-state index in [9.17, 15) is 4.79 Å². The Morgan fingerprint density at radius 1 is 1.14 bits per heavy atom. The van der Waals surface area contributed by atoms with Gasteiger partial charge in [-0.1, -0.05) is 36.4 Å². The zero-order valence-electron chi connectivity index (χ0n) is 12.5. The molecular weight excluding hydrogens is 358 g/mol. The Morgan fingerprint density at radius 2 is 1.82 bits per heavy atom. The van der Waals surface area contributed by atoms with E-state index in [2.05, 4.69) is 34.1 Å². The van der Waals surface area contributed by atoms with Crippen LogP contribution in [0.15, 0.2) is 57.9 Å². The van der Waals surface area contributed by atoms with Gasteiger partial charge >= 0.3 is 0 Å². The molecule has 4 heteroatoms. The summed E-state index contributed by atoms with van der Waals surface area (Å²) in [6, 6.07) is 16.5. The third kappa shape index (κ3) is 3.39. The Labute approximate surface area is 144 Å². The molecule has 1 aliphatic rings. The van der Waals surface area contributed by atoms with Crippen molar-refractivity contribution in [2.75, 3.05) is 6.54 Å². The van der Waals surface area contributed by atoms with Gasteiger partial charge in [0.05, 0.1) is 5.25 Å². The van der Waals surface area contributed by atoms with Crippen LogP contribution in [0.5, 0.6) is 0 Å². The molecule has 0 aromatic heterocycles. The van der Waals surface area contributed by atoms with Gasteiger partial charge in [0.25, 0.3) is 0 Å². The van der Waals surface area contributed by atoms with Gasteiger partial charge in [0.2, 0.25) is 5.91 Å². The van der Waals surface area contributed by atoms with E-state index in [1.165, 1.54) is 11.1 Å². The molecule has 0 saturated carbocycles. The van der Waals surface area contributed by atoms with Crippen molar-refractivity contribution in [1.29, 1.82) is 0 Å². The van der Waals surface area contributed by atoms with Gasteiger partial charge in [-0.25, -0.2) is 0 Å². The standard InChI is InChI=1S/C18H18BrNOS/c1-13(22-17-9-5-4-8-16(17)19)18(21)20-11-10-14-6-2-3-7-15(14)12-20/h2-9,13H,10-12H2,1H3. The molecule has 2 nitrogen and oxygen atoms in total. The van der Waals surface area contributed by atoms with Crippen molar-refractivity contribution in [2.24, 2.45) is 0 Å². The summed E-state index contributed by atoms with van der Waals surface area (Å²) < 4.78 is 1.05. The first kappa shape index (κ1) is 15.6. The second kappa shape index (κ2) is 6.88. The normalized spacial score (nSPS) is 15.3. The van der Waals surface area contributed by atoms with E-state index in [0.29, 0.717) is 0 Å². The largest absolute Gasteiger partial charge is 0.337 e. The Balaban J connectivity index is 1.68. The molecule has 114 valence electrons. The quantitative estimate of drug-likeness (QED) is 0.735. The number of hydrogen-bond donors (Lipinski definition) is 0. The van der Waals surface area contributed by atoms with Crippen molar-refractivity contribution < 1.29 is 4.79 Å². The second-order valence-electron chi connectivity index (χ2n) is 5.47. The van der Waals surface area contributed by atoms with Crippen molar-refractivity contribution in [3.63, 3.8) is 0 Å². The molecule has 22 heavy (non-hydrogen) atoms. The summed E-state index contributed by atoms with van der Waals surface area (Å²) in [6.45, 7) is 3.54. The van der Waals surface area contributed by atoms with E-state index in [-0.39, 0.29) is 11.2 Å². The topological polar surface area (TPSA) is 20.3 Å². The van der Waals surface area contributed by atoms with Gasteiger partial charge in [-0.2, -0.15) is 0 Å². The first-order valence-electron chi connectivity index (χ1n) is 7.42. The summed E-state index contributed by atoms with van der Waals surface area (Å²) in [5.74, 6) is 0.218. The number of carbonyl (C=O) groups excluding carboxylic acids is 1. The van der Waals surface area contributed by atoms with Crippen LogP contribution in [-0.2, 0) is 17.8 Å². The molecule has 2 aromatic rings. The number of thioether (sulfide) groups is 1. The Morgan fingerprint density at radius 3 is 2.59 bits per heavy atom. The lowest BCUT2D eigenvalue weighted by molar-refractivity contribution is -0.131. The van der Waals surface area contributed by atoms with Gasteiger partial charge < -0.3 is 4.90 Å². The number of rotatable bonds is 3. The zero-order valence-corrected chi connectivity index (χ0v) is 14.9. The van der Waals surface area contributed by atoms with Crippen molar-refractivity contribution in [3.05, 3.63) is 64.1 Å². The number of amides is 1. The number of nitrogens with zero attached hydrogens (tertiary/aromatic N) is 1. The first-order chi connectivity index (χ1) is 10.6. The van der Waals surface area contributed by atoms with Crippen molar-refractivity contribution in [2.45, 2.75) is 30.0 Å². The average Bonchev–Trinajstić information content (AvgIpc) is 2.55. The van der Waals surface area contributed by atoms with E-state index in [4.69, 9.17) is 0 Å². The maximum absolute atomic E-state index is 12.7. The smallest absolute Gasteiger partial charge is 0.236 e. The fourth-order valence-electron chi connectivity index (χ4n) is 2.72. The highest BCUT2D eigenvalue weighted by Crippen LogP contribution is 2.31. The predicted octanol–water partition coefficient (Wildman–Crippen LogP) is 4.51. The molecule has 1 unspecified atom stereocenters. The summed E-state index contributed by atoms with van der Waals surface area (Å²) in [5, 5.41) is -0.0797. The maximum atomic E-state index is 12.7. The highest BCUT2D eigenvalue weighted by molar-refractivity contribution is 9.10. The van der Waals surface area contributed by atoms with Crippen LogP contribution in [-0.4, -0.2) is 22.6 Å². The van der Waals surface area contributed by atoms with Crippen molar-refractivity contribution >= 4 is 33.6 Å². The molecular formula is C18H18BrNOS. The number of carbonyl (C=O) groups is 1. The van der Waals surface area contributed by atoms with Gasteiger partial charge in [0.1, 0.15) is 0 Å². The van der Waals surface area contributed by atoms with Crippen LogP contribution in [0.4, 0.5) is 0 Å². The summed E-state index contributed by atoms with van der Waals surface area (Å²) in [4.78, 5) is 15.8. The van der Waals surface area contributed by atoms with Crippen molar-refractivity contribution in [1.82, 2.24) is 4.90 Å². The minimum atomic E-state index is -0.0797. The first-order valence-corrected chi connectivity index (χ1v) is 9.09. The number of benzene rings is 2. The van der Waals surface area contributed by atoms with Crippen LogP contribution in [0.2, 0.25) is 0 Å². The van der Waals surface area contributed by atoms with Gasteiger partial charge in [0.15, 0.2) is 0 Å². The van der Waals surface area contributed by atoms with Gasteiger partial charge in [-0.3, -0.25) is 4.79 Å².